The Kier molecular flexibility index (Phi) is 2.18. The predicted octanol–water partition coefficient (Wildman–Crippen LogP) is 1.81. The van der Waals surface area contributed by atoms with Gasteiger partial charge in [-0.3, -0.25) is 0 Å². The van der Waals surface area contributed by atoms with Crippen molar-refractivity contribution in [3.05, 3.63) is 29.3 Å². The molecule has 0 atom stereocenters. The van der Waals surface area contributed by atoms with Crippen molar-refractivity contribution in [3.63, 3.8) is 0 Å². The van der Waals surface area contributed by atoms with Crippen LogP contribution in [0.15, 0.2) is 18.2 Å². The predicted molar refractivity (Wildman–Crippen MR) is 48.2 cm³/mol. The SMILES string of the molecule is C#Cc1cc(CC)ccc1N. The van der Waals surface area contributed by atoms with Crippen LogP contribution in [0.3, 0.4) is 0 Å². The van der Waals surface area contributed by atoms with E-state index >= 15 is 0 Å². The second-order valence-corrected chi connectivity index (χ2v) is 2.42. The standard InChI is InChI=1S/C10H11N/c1-3-8-5-6-10(11)9(4-2)7-8/h2,5-7H,3,11H2,1H3. The van der Waals surface area contributed by atoms with Crippen LogP contribution in [0.4, 0.5) is 5.69 Å². The second kappa shape index (κ2) is 3.12. The van der Waals surface area contributed by atoms with E-state index in [4.69, 9.17) is 12.2 Å². The number of terminal acetylenes is 1. The van der Waals surface area contributed by atoms with E-state index in [-0.39, 0.29) is 0 Å². The van der Waals surface area contributed by atoms with Gasteiger partial charge in [0.15, 0.2) is 0 Å². The Hall–Kier alpha value is -1.42. The molecule has 1 rings (SSSR count). The highest BCUT2D eigenvalue weighted by molar-refractivity contribution is 5.56. The van der Waals surface area contributed by atoms with Crippen LogP contribution in [0.1, 0.15) is 18.1 Å². The van der Waals surface area contributed by atoms with E-state index in [0.717, 1.165) is 12.0 Å². The van der Waals surface area contributed by atoms with Crippen molar-refractivity contribution in [3.8, 4) is 12.3 Å². The highest BCUT2D eigenvalue weighted by Crippen LogP contribution is 2.12. The van der Waals surface area contributed by atoms with Gasteiger partial charge >= 0.3 is 0 Å². The van der Waals surface area contributed by atoms with Crippen LogP contribution >= 0.6 is 0 Å². The molecule has 0 heterocycles. The lowest BCUT2D eigenvalue weighted by Gasteiger charge is -2.00. The van der Waals surface area contributed by atoms with Crippen LogP contribution < -0.4 is 5.73 Å². The van der Waals surface area contributed by atoms with Crippen LogP contribution in [-0.4, -0.2) is 0 Å². The quantitative estimate of drug-likeness (QED) is 0.473. The molecule has 1 aromatic rings. The summed E-state index contributed by atoms with van der Waals surface area (Å²) in [7, 11) is 0. The Balaban J connectivity index is 3.15. The number of rotatable bonds is 1. The Morgan fingerprint density at radius 2 is 2.27 bits per heavy atom. The van der Waals surface area contributed by atoms with E-state index in [1.54, 1.807) is 0 Å². The van der Waals surface area contributed by atoms with Gasteiger partial charge in [0.05, 0.1) is 0 Å². The van der Waals surface area contributed by atoms with Gasteiger partial charge in [0.25, 0.3) is 0 Å². The average Bonchev–Trinajstić information content (AvgIpc) is 2.05. The summed E-state index contributed by atoms with van der Waals surface area (Å²) in [5.41, 5.74) is 8.32. The second-order valence-electron chi connectivity index (χ2n) is 2.42. The molecule has 0 aliphatic heterocycles. The van der Waals surface area contributed by atoms with Crippen molar-refractivity contribution in [2.24, 2.45) is 0 Å². The van der Waals surface area contributed by atoms with Crippen molar-refractivity contribution in [1.82, 2.24) is 0 Å². The van der Waals surface area contributed by atoms with Crippen molar-refractivity contribution in [2.45, 2.75) is 13.3 Å². The third-order valence-corrected chi connectivity index (χ3v) is 1.68. The number of nitrogens with two attached hydrogens (primary N) is 1. The number of hydrogen-bond donors (Lipinski definition) is 1. The largest absolute Gasteiger partial charge is 0.398 e. The lowest BCUT2D eigenvalue weighted by molar-refractivity contribution is 1.14. The minimum Gasteiger partial charge on any atom is -0.398 e. The third-order valence-electron chi connectivity index (χ3n) is 1.68. The molecule has 0 unspecified atom stereocenters. The Bertz CT molecular complexity index is 294. The van der Waals surface area contributed by atoms with E-state index in [2.05, 4.69) is 12.8 Å². The molecular weight excluding hydrogens is 134 g/mol. The van der Waals surface area contributed by atoms with Crippen molar-refractivity contribution < 1.29 is 0 Å². The molecule has 0 aliphatic rings. The first-order chi connectivity index (χ1) is 5.27. The summed E-state index contributed by atoms with van der Waals surface area (Å²) in [6.45, 7) is 2.09. The molecule has 0 saturated heterocycles. The maximum Gasteiger partial charge on any atom is 0.0474 e. The van der Waals surface area contributed by atoms with Gasteiger partial charge in [-0.05, 0) is 24.1 Å². The van der Waals surface area contributed by atoms with Crippen molar-refractivity contribution in [1.29, 1.82) is 0 Å². The fourth-order valence-electron chi connectivity index (χ4n) is 0.948. The lowest BCUT2D eigenvalue weighted by Crippen LogP contribution is -1.91. The van der Waals surface area contributed by atoms with Gasteiger partial charge in [-0.25, -0.2) is 0 Å². The van der Waals surface area contributed by atoms with Gasteiger partial charge in [-0.2, -0.15) is 0 Å². The lowest BCUT2D eigenvalue weighted by atomic mass is 10.1. The molecule has 11 heavy (non-hydrogen) atoms. The van der Waals surface area contributed by atoms with E-state index in [9.17, 15) is 0 Å². The smallest absolute Gasteiger partial charge is 0.0474 e. The van der Waals surface area contributed by atoms with E-state index < -0.39 is 0 Å². The molecule has 2 N–H and O–H groups in total. The first-order valence-electron chi connectivity index (χ1n) is 3.63. The molecular formula is C10H11N. The summed E-state index contributed by atoms with van der Waals surface area (Å²) in [4.78, 5) is 0. The Labute approximate surface area is 67.2 Å². The molecule has 1 nitrogen and oxygen atoms in total. The van der Waals surface area contributed by atoms with Gasteiger partial charge in [0, 0.05) is 11.3 Å². The average molecular weight is 145 g/mol. The van der Waals surface area contributed by atoms with Crippen molar-refractivity contribution >= 4 is 5.69 Å². The minimum absolute atomic E-state index is 0.685. The first-order valence-corrected chi connectivity index (χ1v) is 3.63. The molecule has 1 aromatic carbocycles. The molecule has 0 radical (unpaired) electrons. The molecule has 0 spiro atoms. The first kappa shape index (κ1) is 7.68. The van der Waals surface area contributed by atoms with Gasteiger partial charge in [-0.15, -0.1) is 6.42 Å². The molecule has 0 bridgehead atoms. The number of anilines is 1. The molecule has 0 saturated carbocycles. The highest BCUT2D eigenvalue weighted by atomic mass is 14.5. The Morgan fingerprint density at radius 3 is 2.82 bits per heavy atom. The van der Waals surface area contributed by atoms with Crippen LogP contribution in [0.25, 0.3) is 0 Å². The zero-order valence-corrected chi connectivity index (χ0v) is 6.59. The van der Waals surface area contributed by atoms with Crippen LogP contribution in [0.2, 0.25) is 0 Å². The molecule has 0 aliphatic carbocycles. The molecule has 56 valence electrons. The maximum atomic E-state index is 5.61. The fraction of sp³-hybridized carbons (Fsp3) is 0.200. The number of hydrogen-bond acceptors (Lipinski definition) is 1. The van der Waals surface area contributed by atoms with Gasteiger partial charge < -0.3 is 5.73 Å². The summed E-state index contributed by atoms with van der Waals surface area (Å²) in [5, 5.41) is 0. The summed E-state index contributed by atoms with van der Waals surface area (Å²) in [6, 6.07) is 5.81. The molecule has 0 amide bonds. The zero-order valence-electron chi connectivity index (χ0n) is 6.59. The summed E-state index contributed by atoms with van der Waals surface area (Å²) < 4.78 is 0. The normalized spacial score (nSPS) is 9.09. The zero-order chi connectivity index (χ0) is 8.27. The van der Waals surface area contributed by atoms with E-state index in [1.807, 2.05) is 18.2 Å². The van der Waals surface area contributed by atoms with Crippen LogP contribution in [0.5, 0.6) is 0 Å². The molecule has 0 fully saturated rings. The van der Waals surface area contributed by atoms with Gasteiger partial charge in [-0.1, -0.05) is 18.9 Å². The summed E-state index contributed by atoms with van der Waals surface area (Å²) >= 11 is 0. The topological polar surface area (TPSA) is 26.0 Å². The summed E-state index contributed by atoms with van der Waals surface area (Å²) in [6.07, 6.45) is 6.24. The van der Waals surface area contributed by atoms with E-state index in [1.165, 1.54) is 5.56 Å². The Morgan fingerprint density at radius 1 is 1.55 bits per heavy atom. The number of nitrogen functional groups attached to an aromatic ring is 1. The van der Waals surface area contributed by atoms with Crippen molar-refractivity contribution in [2.75, 3.05) is 5.73 Å². The van der Waals surface area contributed by atoms with Gasteiger partial charge in [0.2, 0.25) is 0 Å². The maximum absolute atomic E-state index is 5.61. The number of aryl methyl sites for hydroxylation is 1. The van der Waals surface area contributed by atoms with Gasteiger partial charge in [0.1, 0.15) is 0 Å². The van der Waals surface area contributed by atoms with Crippen LogP contribution in [-0.2, 0) is 6.42 Å². The fourth-order valence-corrected chi connectivity index (χ4v) is 0.948. The number of benzene rings is 1. The summed E-state index contributed by atoms with van der Waals surface area (Å²) in [5.74, 6) is 2.54. The third kappa shape index (κ3) is 1.53. The molecule has 1 heteroatoms. The van der Waals surface area contributed by atoms with Crippen LogP contribution in [0, 0.1) is 12.3 Å². The minimum atomic E-state index is 0.685. The monoisotopic (exact) mass is 145 g/mol. The highest BCUT2D eigenvalue weighted by Gasteiger charge is 1.95. The van der Waals surface area contributed by atoms with E-state index in [0.29, 0.717) is 5.69 Å². The molecule has 0 aromatic heterocycles.